The van der Waals surface area contributed by atoms with Gasteiger partial charge in [-0.1, -0.05) is 0 Å². The summed E-state index contributed by atoms with van der Waals surface area (Å²) in [6, 6.07) is 0.0173. The molecule has 2 aliphatic rings. The number of hydrogen-bond donors (Lipinski definition) is 2. The van der Waals surface area contributed by atoms with E-state index >= 15 is 0 Å². The summed E-state index contributed by atoms with van der Waals surface area (Å²) in [5, 5.41) is 2.81. The predicted molar refractivity (Wildman–Crippen MR) is 50.7 cm³/mol. The zero-order valence-electron chi connectivity index (χ0n) is 7.71. The lowest BCUT2D eigenvalue weighted by atomic mass is 10.0. The van der Waals surface area contributed by atoms with Crippen molar-refractivity contribution in [3.63, 3.8) is 0 Å². The van der Waals surface area contributed by atoms with Crippen LogP contribution in [0.2, 0.25) is 0 Å². The molecule has 3 N–H and O–H groups in total. The zero-order valence-corrected chi connectivity index (χ0v) is 7.71. The summed E-state index contributed by atoms with van der Waals surface area (Å²) in [4.78, 5) is 15.9. The van der Waals surface area contributed by atoms with E-state index in [9.17, 15) is 4.79 Å². The average molecular weight is 189 g/mol. The number of nitrogens with zero attached hydrogens (tertiary/aromatic N) is 1. The summed E-state index contributed by atoms with van der Waals surface area (Å²) in [6.07, 6.45) is 3.57. The summed E-state index contributed by atoms with van der Waals surface area (Å²) >= 11 is 0. The minimum atomic E-state index is 0.0173. The lowest BCUT2D eigenvalue weighted by Gasteiger charge is -2.05. The van der Waals surface area contributed by atoms with Gasteiger partial charge in [-0.3, -0.25) is 9.78 Å². The first-order chi connectivity index (χ1) is 6.77. The van der Waals surface area contributed by atoms with Gasteiger partial charge < -0.3 is 11.1 Å². The Kier molecular flexibility index (Phi) is 1.44. The molecule has 0 saturated carbocycles. The maximum atomic E-state index is 11.6. The number of carbonyl (C=O) groups is 1. The minimum absolute atomic E-state index is 0.0173. The van der Waals surface area contributed by atoms with E-state index in [-0.39, 0.29) is 11.9 Å². The normalized spacial score (nSPS) is 23.2. The Bertz CT molecular complexity index is 428. The first-order valence-corrected chi connectivity index (χ1v) is 4.82. The van der Waals surface area contributed by atoms with Gasteiger partial charge in [-0.15, -0.1) is 0 Å². The molecule has 4 nitrogen and oxygen atoms in total. The Labute approximate surface area is 81.5 Å². The number of rotatable bonds is 0. The molecular weight excluding hydrogens is 178 g/mol. The Morgan fingerprint density at radius 2 is 2.43 bits per heavy atom. The van der Waals surface area contributed by atoms with Crippen LogP contribution in [0, 0.1) is 0 Å². The van der Waals surface area contributed by atoms with Crippen molar-refractivity contribution in [3.05, 3.63) is 28.6 Å². The molecule has 1 aromatic rings. The number of nitrogens with one attached hydrogen (secondary N) is 1. The SMILES string of the molecule is NC1CCc2c1ncc1c2C(=O)NC1. The predicted octanol–water partition coefficient (Wildman–Crippen LogP) is 0.271. The van der Waals surface area contributed by atoms with Crippen LogP contribution in [-0.4, -0.2) is 10.9 Å². The second kappa shape index (κ2) is 2.54. The molecule has 0 aromatic carbocycles. The zero-order chi connectivity index (χ0) is 9.71. The molecule has 1 unspecified atom stereocenters. The van der Waals surface area contributed by atoms with Gasteiger partial charge in [0.05, 0.1) is 11.3 Å². The minimum Gasteiger partial charge on any atom is -0.348 e. The van der Waals surface area contributed by atoms with Crippen molar-refractivity contribution in [1.82, 2.24) is 10.3 Å². The molecule has 4 heteroatoms. The Balaban J connectivity index is 2.26. The first-order valence-electron chi connectivity index (χ1n) is 4.82. The van der Waals surface area contributed by atoms with Gasteiger partial charge >= 0.3 is 0 Å². The summed E-state index contributed by atoms with van der Waals surface area (Å²) in [7, 11) is 0. The molecule has 14 heavy (non-hydrogen) atoms. The Morgan fingerprint density at radius 1 is 1.57 bits per heavy atom. The van der Waals surface area contributed by atoms with Crippen LogP contribution >= 0.6 is 0 Å². The molecule has 1 aromatic heterocycles. The monoisotopic (exact) mass is 189 g/mol. The molecule has 72 valence electrons. The molecule has 0 spiro atoms. The van der Waals surface area contributed by atoms with E-state index in [1.807, 2.05) is 0 Å². The van der Waals surface area contributed by atoms with Crippen LogP contribution in [0.25, 0.3) is 0 Å². The standard InChI is InChI=1S/C10H11N3O/c11-7-2-1-6-8-5(3-12-9(6)7)4-13-10(8)14/h3,7H,1-2,4,11H2,(H,13,14). The second-order valence-corrected chi connectivity index (χ2v) is 3.85. The number of hydrogen-bond acceptors (Lipinski definition) is 3. The van der Waals surface area contributed by atoms with E-state index in [0.717, 1.165) is 35.2 Å². The molecule has 1 aliphatic carbocycles. The summed E-state index contributed by atoms with van der Waals surface area (Å²) in [6.45, 7) is 0.615. The fourth-order valence-corrected chi connectivity index (χ4v) is 2.30. The average Bonchev–Trinajstić information content (AvgIpc) is 2.72. The fourth-order valence-electron chi connectivity index (χ4n) is 2.30. The van der Waals surface area contributed by atoms with Gasteiger partial charge in [0.2, 0.25) is 0 Å². The van der Waals surface area contributed by atoms with Crippen molar-refractivity contribution in [3.8, 4) is 0 Å². The van der Waals surface area contributed by atoms with E-state index in [4.69, 9.17) is 5.73 Å². The van der Waals surface area contributed by atoms with Gasteiger partial charge in [0.15, 0.2) is 0 Å². The van der Waals surface area contributed by atoms with Crippen LogP contribution < -0.4 is 11.1 Å². The van der Waals surface area contributed by atoms with Gasteiger partial charge in [-0.2, -0.15) is 0 Å². The smallest absolute Gasteiger partial charge is 0.252 e. The third-order valence-electron chi connectivity index (χ3n) is 3.01. The van der Waals surface area contributed by atoms with E-state index in [2.05, 4.69) is 10.3 Å². The maximum absolute atomic E-state index is 11.6. The highest BCUT2D eigenvalue weighted by molar-refractivity contribution is 6.00. The number of aromatic nitrogens is 1. The number of amides is 1. The molecule has 1 atom stereocenters. The van der Waals surface area contributed by atoms with Crippen molar-refractivity contribution in [2.75, 3.05) is 0 Å². The van der Waals surface area contributed by atoms with Gasteiger partial charge in [-0.25, -0.2) is 0 Å². The van der Waals surface area contributed by atoms with Crippen LogP contribution in [-0.2, 0) is 13.0 Å². The Hall–Kier alpha value is -1.42. The van der Waals surface area contributed by atoms with Gasteiger partial charge in [0.1, 0.15) is 0 Å². The second-order valence-electron chi connectivity index (χ2n) is 3.85. The molecule has 2 heterocycles. The number of nitrogens with two attached hydrogens (primary N) is 1. The third-order valence-corrected chi connectivity index (χ3v) is 3.01. The number of carbonyl (C=O) groups excluding carboxylic acids is 1. The lowest BCUT2D eigenvalue weighted by molar-refractivity contribution is 0.0965. The fraction of sp³-hybridized carbons (Fsp3) is 0.400. The highest BCUT2D eigenvalue weighted by atomic mass is 16.1. The Morgan fingerprint density at radius 3 is 3.29 bits per heavy atom. The third kappa shape index (κ3) is 0.861. The van der Waals surface area contributed by atoms with E-state index in [1.165, 1.54) is 0 Å². The van der Waals surface area contributed by atoms with Crippen molar-refractivity contribution in [1.29, 1.82) is 0 Å². The van der Waals surface area contributed by atoms with Crippen LogP contribution in [0.4, 0.5) is 0 Å². The van der Waals surface area contributed by atoms with Crippen molar-refractivity contribution in [2.24, 2.45) is 5.73 Å². The molecule has 1 amide bonds. The molecule has 3 rings (SSSR count). The van der Waals surface area contributed by atoms with Crippen LogP contribution in [0.3, 0.4) is 0 Å². The number of fused-ring (bicyclic) bond motifs is 3. The van der Waals surface area contributed by atoms with E-state index in [0.29, 0.717) is 6.54 Å². The molecule has 1 aliphatic heterocycles. The topological polar surface area (TPSA) is 68.0 Å². The van der Waals surface area contributed by atoms with Gasteiger partial charge in [0, 0.05) is 24.3 Å². The quantitative estimate of drug-likeness (QED) is 0.615. The van der Waals surface area contributed by atoms with Gasteiger partial charge in [-0.05, 0) is 18.4 Å². The van der Waals surface area contributed by atoms with Gasteiger partial charge in [0.25, 0.3) is 5.91 Å². The van der Waals surface area contributed by atoms with Crippen molar-refractivity contribution < 1.29 is 4.79 Å². The van der Waals surface area contributed by atoms with E-state index in [1.54, 1.807) is 6.20 Å². The van der Waals surface area contributed by atoms with Crippen LogP contribution in [0.5, 0.6) is 0 Å². The van der Waals surface area contributed by atoms with Crippen molar-refractivity contribution in [2.45, 2.75) is 25.4 Å². The molecule has 0 bridgehead atoms. The van der Waals surface area contributed by atoms with Crippen molar-refractivity contribution >= 4 is 5.91 Å². The first kappa shape index (κ1) is 7.94. The molecule has 0 radical (unpaired) electrons. The lowest BCUT2D eigenvalue weighted by Crippen LogP contribution is -2.14. The highest BCUT2D eigenvalue weighted by Gasteiger charge is 2.30. The summed E-state index contributed by atoms with van der Waals surface area (Å²) < 4.78 is 0. The molecule has 0 fully saturated rings. The summed E-state index contributed by atoms with van der Waals surface area (Å²) in [5.41, 5.74) is 9.74. The van der Waals surface area contributed by atoms with Crippen LogP contribution in [0.15, 0.2) is 6.20 Å². The largest absolute Gasteiger partial charge is 0.348 e. The summed E-state index contributed by atoms with van der Waals surface area (Å²) in [5.74, 6) is 0.0350. The van der Waals surface area contributed by atoms with E-state index < -0.39 is 0 Å². The molecule has 0 saturated heterocycles. The molecular formula is C10H11N3O. The van der Waals surface area contributed by atoms with Crippen LogP contribution in [0.1, 0.15) is 39.6 Å². The number of pyridine rings is 1. The highest BCUT2D eigenvalue weighted by Crippen LogP contribution is 2.32. The maximum Gasteiger partial charge on any atom is 0.252 e.